The molecule has 52 heavy (non-hydrogen) atoms. The average Bonchev–Trinajstić information content (AvgIpc) is 3.54. The van der Waals surface area contributed by atoms with E-state index in [4.69, 9.17) is 14.2 Å². The summed E-state index contributed by atoms with van der Waals surface area (Å²) < 4.78 is 19.0. The smallest absolute Gasteiger partial charge is 0.320 e. The first-order valence-electron chi connectivity index (χ1n) is 17.8. The summed E-state index contributed by atoms with van der Waals surface area (Å²) in [5, 5.41) is 17.6. The largest absolute Gasteiger partial charge is 0.484 e. The predicted octanol–water partition coefficient (Wildman–Crippen LogP) is 5.22. The minimum Gasteiger partial charge on any atom is -0.484 e. The zero-order chi connectivity index (χ0) is 37.5. The summed E-state index contributed by atoms with van der Waals surface area (Å²) in [5.41, 5.74) is 2.82. The molecule has 0 bridgehead atoms. The molecule has 3 N–H and O–H groups in total. The second kappa shape index (κ2) is 16.8. The topological polar surface area (TPSA) is 157 Å². The number of carbonyl (C=O) groups excluding carboxylic acids is 2. The SMILES string of the molecule is COCCN(CCNC(=O)c1nc(NC(=O)N[C@H]2CC[C@@H](Oc3ccc4nnc(C(C)(C)C)n4c3)c3ccccc32)cc(C(C)(C)C)n1)CCOC. The number of benzene rings is 1. The summed E-state index contributed by atoms with van der Waals surface area (Å²) in [5.74, 6) is 1.39. The van der Waals surface area contributed by atoms with Gasteiger partial charge in [0.05, 0.1) is 31.1 Å². The molecule has 0 fully saturated rings. The number of hydrogen-bond donors (Lipinski definition) is 3. The Kier molecular flexibility index (Phi) is 12.4. The van der Waals surface area contributed by atoms with Gasteiger partial charge < -0.3 is 24.8 Å². The van der Waals surface area contributed by atoms with Crippen LogP contribution in [0.15, 0.2) is 48.7 Å². The van der Waals surface area contributed by atoms with Gasteiger partial charge in [-0.2, -0.15) is 0 Å². The van der Waals surface area contributed by atoms with Crippen LogP contribution in [0, 0.1) is 0 Å². The van der Waals surface area contributed by atoms with E-state index in [9.17, 15) is 9.59 Å². The normalized spacial score (nSPS) is 16.1. The van der Waals surface area contributed by atoms with E-state index >= 15 is 0 Å². The third kappa shape index (κ3) is 9.81. The van der Waals surface area contributed by atoms with Crippen LogP contribution >= 0.6 is 0 Å². The van der Waals surface area contributed by atoms with E-state index in [1.54, 1.807) is 20.3 Å². The van der Waals surface area contributed by atoms with E-state index in [1.807, 2.05) is 67.8 Å². The van der Waals surface area contributed by atoms with Gasteiger partial charge in [-0.15, -0.1) is 10.2 Å². The fourth-order valence-electron chi connectivity index (χ4n) is 6.13. The number of ether oxygens (including phenoxy) is 3. The van der Waals surface area contributed by atoms with Crippen molar-refractivity contribution in [2.24, 2.45) is 0 Å². The maximum atomic E-state index is 13.5. The lowest BCUT2D eigenvalue weighted by Crippen LogP contribution is -2.39. The molecule has 2 atom stereocenters. The van der Waals surface area contributed by atoms with Crippen LogP contribution in [0.25, 0.3) is 5.65 Å². The highest BCUT2D eigenvalue weighted by atomic mass is 16.5. The van der Waals surface area contributed by atoms with Crippen LogP contribution in [0.4, 0.5) is 10.6 Å². The second-order valence-corrected chi connectivity index (χ2v) is 15.1. The molecular weight excluding hydrogens is 662 g/mol. The lowest BCUT2D eigenvalue weighted by atomic mass is 9.85. The Morgan fingerprint density at radius 3 is 2.27 bits per heavy atom. The molecule has 14 nitrogen and oxygen atoms in total. The van der Waals surface area contributed by atoms with Gasteiger partial charge in [-0.05, 0) is 36.1 Å². The Morgan fingerprint density at radius 1 is 0.885 bits per heavy atom. The molecule has 0 radical (unpaired) electrons. The summed E-state index contributed by atoms with van der Waals surface area (Å²) in [4.78, 5) is 37.9. The van der Waals surface area contributed by atoms with Crippen molar-refractivity contribution in [3.63, 3.8) is 0 Å². The Hall–Kier alpha value is -4.66. The van der Waals surface area contributed by atoms with E-state index in [0.717, 1.165) is 28.3 Å². The van der Waals surface area contributed by atoms with Crippen LogP contribution < -0.4 is 20.7 Å². The van der Waals surface area contributed by atoms with E-state index in [2.05, 4.69) is 61.8 Å². The van der Waals surface area contributed by atoms with Gasteiger partial charge in [0.2, 0.25) is 5.82 Å². The van der Waals surface area contributed by atoms with Crippen LogP contribution in [0.2, 0.25) is 0 Å². The summed E-state index contributed by atoms with van der Waals surface area (Å²) in [6.07, 6.45) is 3.09. The first-order valence-corrected chi connectivity index (χ1v) is 17.8. The fourth-order valence-corrected chi connectivity index (χ4v) is 6.13. The van der Waals surface area contributed by atoms with Crippen molar-refractivity contribution < 1.29 is 23.8 Å². The molecular formula is C38H53N9O5. The minimum absolute atomic E-state index is 0.00894. The molecule has 0 saturated carbocycles. The van der Waals surface area contributed by atoms with Crippen LogP contribution in [-0.2, 0) is 20.3 Å². The number of pyridine rings is 1. The highest BCUT2D eigenvalue weighted by molar-refractivity contribution is 5.92. The number of carbonyl (C=O) groups is 2. The molecule has 3 amide bonds. The zero-order valence-corrected chi connectivity index (χ0v) is 31.7. The van der Waals surface area contributed by atoms with Gasteiger partial charge in [0.15, 0.2) is 5.65 Å². The van der Waals surface area contributed by atoms with Crippen molar-refractivity contribution in [2.45, 2.75) is 77.4 Å². The van der Waals surface area contributed by atoms with Crippen molar-refractivity contribution in [1.29, 1.82) is 0 Å². The van der Waals surface area contributed by atoms with Gasteiger partial charge >= 0.3 is 6.03 Å². The quantitative estimate of drug-likeness (QED) is 0.158. The molecule has 1 aromatic carbocycles. The van der Waals surface area contributed by atoms with Crippen molar-refractivity contribution in [3.8, 4) is 5.75 Å². The third-order valence-corrected chi connectivity index (χ3v) is 8.94. The number of urea groups is 1. The number of rotatable bonds is 14. The molecule has 0 spiro atoms. The zero-order valence-electron chi connectivity index (χ0n) is 31.7. The van der Waals surface area contributed by atoms with Gasteiger partial charge in [-0.1, -0.05) is 65.8 Å². The van der Waals surface area contributed by atoms with Gasteiger partial charge in [0, 0.05) is 57.3 Å². The molecule has 0 saturated heterocycles. The highest BCUT2D eigenvalue weighted by Gasteiger charge is 2.30. The first-order chi connectivity index (χ1) is 24.8. The molecule has 14 heteroatoms. The Balaban J connectivity index is 1.26. The molecule has 3 heterocycles. The molecule has 4 aromatic rings. The molecule has 1 aliphatic carbocycles. The molecule has 0 aliphatic heterocycles. The maximum Gasteiger partial charge on any atom is 0.320 e. The van der Waals surface area contributed by atoms with Gasteiger partial charge in [0.1, 0.15) is 23.5 Å². The number of fused-ring (bicyclic) bond motifs is 2. The lowest BCUT2D eigenvalue weighted by Gasteiger charge is -2.32. The van der Waals surface area contributed by atoms with E-state index < -0.39 is 17.4 Å². The standard InChI is InChI=1S/C38H53N9O5/c1-37(2,3)30-23-31(42-33(41-30)34(48)39-17-18-46(19-21-50-7)20-22-51-8)43-36(49)40-28-14-15-29(27-12-10-9-11-26(27)28)52-25-13-16-32-44-45-35(38(4,5)6)47(32)24-25/h9-13,16,23-24,28-29H,14-15,17-22H2,1-8H3,(H,39,48)(H2,40,41,42,43,49)/t28-,29+/m0/s1. The fraction of sp³-hybridized carbons (Fsp3) is 0.526. The Bertz CT molecular complexity index is 1820. The van der Waals surface area contributed by atoms with Crippen LogP contribution in [0.1, 0.15) is 99.8 Å². The van der Waals surface area contributed by atoms with Crippen molar-refractivity contribution >= 4 is 23.4 Å². The average molecular weight is 716 g/mol. The number of aromatic nitrogens is 5. The van der Waals surface area contributed by atoms with Crippen LogP contribution in [-0.4, -0.2) is 95.0 Å². The number of anilines is 1. The molecule has 280 valence electrons. The monoisotopic (exact) mass is 715 g/mol. The summed E-state index contributed by atoms with van der Waals surface area (Å²) in [6, 6.07) is 12.9. The van der Waals surface area contributed by atoms with Crippen molar-refractivity contribution in [1.82, 2.24) is 40.1 Å². The van der Waals surface area contributed by atoms with Gasteiger partial charge in [-0.3, -0.25) is 19.4 Å². The van der Waals surface area contributed by atoms with E-state index in [-0.39, 0.29) is 29.2 Å². The second-order valence-electron chi connectivity index (χ2n) is 15.1. The highest BCUT2D eigenvalue weighted by Crippen LogP contribution is 2.39. The summed E-state index contributed by atoms with van der Waals surface area (Å²) >= 11 is 0. The van der Waals surface area contributed by atoms with E-state index in [1.165, 1.54) is 0 Å². The Labute approximate surface area is 306 Å². The van der Waals surface area contributed by atoms with Crippen LogP contribution in [0.3, 0.4) is 0 Å². The third-order valence-electron chi connectivity index (χ3n) is 8.94. The van der Waals surface area contributed by atoms with Crippen molar-refractivity contribution in [3.05, 3.63) is 77.1 Å². The summed E-state index contributed by atoms with van der Waals surface area (Å²) in [6.45, 7) is 15.9. The van der Waals surface area contributed by atoms with Crippen LogP contribution in [0.5, 0.6) is 5.75 Å². The number of nitrogens with zero attached hydrogens (tertiary/aromatic N) is 6. The minimum atomic E-state index is -0.427. The molecule has 1 aliphatic rings. The lowest BCUT2D eigenvalue weighted by molar-refractivity contribution is 0.0921. The number of hydrogen-bond acceptors (Lipinski definition) is 10. The predicted molar refractivity (Wildman–Crippen MR) is 199 cm³/mol. The Morgan fingerprint density at radius 2 is 1.60 bits per heavy atom. The van der Waals surface area contributed by atoms with Gasteiger partial charge in [-0.25, -0.2) is 14.8 Å². The first kappa shape index (κ1) is 38.6. The van der Waals surface area contributed by atoms with Gasteiger partial charge in [0.25, 0.3) is 5.91 Å². The summed E-state index contributed by atoms with van der Waals surface area (Å²) in [7, 11) is 3.32. The number of amides is 3. The molecule has 0 unspecified atom stereocenters. The number of methoxy groups -OCH3 is 2. The van der Waals surface area contributed by atoms with Crippen molar-refractivity contribution in [2.75, 3.05) is 58.9 Å². The number of nitrogens with one attached hydrogen (secondary N) is 3. The molecule has 3 aromatic heterocycles. The maximum absolute atomic E-state index is 13.5. The van der Waals surface area contributed by atoms with E-state index in [0.29, 0.717) is 57.9 Å². The molecule has 5 rings (SSSR count).